The number of amides is 1. The van der Waals surface area contributed by atoms with E-state index in [2.05, 4.69) is 17.6 Å². The van der Waals surface area contributed by atoms with E-state index in [-0.39, 0.29) is 11.8 Å². The molecule has 1 fully saturated rings. The molecule has 0 unspecified atom stereocenters. The molecular formula is C20H21N3OS. The normalized spacial score (nSPS) is 14.3. The highest BCUT2D eigenvalue weighted by Gasteiger charge is 2.28. The number of rotatable bonds is 5. The van der Waals surface area contributed by atoms with Crippen molar-refractivity contribution >= 4 is 17.2 Å². The maximum atomic E-state index is 12.5. The number of aromatic nitrogens is 2. The van der Waals surface area contributed by atoms with Crippen molar-refractivity contribution in [3.05, 3.63) is 59.6 Å². The third-order valence-electron chi connectivity index (χ3n) is 4.80. The van der Waals surface area contributed by atoms with Crippen LogP contribution in [0.4, 0.5) is 0 Å². The molecule has 1 saturated carbocycles. The minimum atomic E-state index is 0.222. The first-order valence-electron chi connectivity index (χ1n) is 8.65. The van der Waals surface area contributed by atoms with Gasteiger partial charge in [0.1, 0.15) is 5.69 Å². The van der Waals surface area contributed by atoms with Crippen molar-refractivity contribution in [2.75, 3.05) is 7.05 Å². The summed E-state index contributed by atoms with van der Waals surface area (Å²) in [6, 6.07) is 14.2. The van der Waals surface area contributed by atoms with Crippen LogP contribution in [0.1, 0.15) is 24.8 Å². The molecule has 2 heterocycles. The lowest BCUT2D eigenvalue weighted by Crippen LogP contribution is -2.35. The number of hydrogen-bond donors (Lipinski definition) is 0. The van der Waals surface area contributed by atoms with Crippen molar-refractivity contribution < 1.29 is 4.79 Å². The molecule has 3 aromatic rings. The molecular weight excluding hydrogens is 330 g/mol. The van der Waals surface area contributed by atoms with E-state index >= 15 is 0 Å². The lowest BCUT2D eigenvalue weighted by molar-refractivity contribution is -0.137. The summed E-state index contributed by atoms with van der Waals surface area (Å²) in [6.07, 6.45) is 5.29. The molecule has 1 aliphatic carbocycles. The maximum absolute atomic E-state index is 12.5. The van der Waals surface area contributed by atoms with Crippen LogP contribution in [0.25, 0.3) is 16.3 Å². The Labute approximate surface area is 151 Å². The topological polar surface area (TPSA) is 38.1 Å². The highest BCUT2D eigenvalue weighted by molar-refractivity contribution is 7.13. The molecule has 5 heteroatoms. The number of hydrogen-bond acceptors (Lipinski definition) is 3. The third-order valence-corrected chi connectivity index (χ3v) is 5.68. The molecule has 4 nitrogen and oxygen atoms in total. The van der Waals surface area contributed by atoms with Gasteiger partial charge in [-0.25, -0.2) is 4.68 Å². The van der Waals surface area contributed by atoms with E-state index in [4.69, 9.17) is 5.10 Å². The maximum Gasteiger partial charge on any atom is 0.225 e. The van der Waals surface area contributed by atoms with E-state index in [9.17, 15) is 4.79 Å². The van der Waals surface area contributed by atoms with E-state index in [1.807, 2.05) is 53.0 Å². The average Bonchev–Trinajstić information content (AvgIpc) is 3.23. The predicted octanol–water partition coefficient (Wildman–Crippen LogP) is 4.36. The molecule has 0 atom stereocenters. The number of para-hydroxylation sites is 1. The largest absolute Gasteiger partial charge is 0.341 e. The first kappa shape index (κ1) is 16.1. The molecule has 0 radical (unpaired) electrons. The first-order valence-corrected chi connectivity index (χ1v) is 9.53. The summed E-state index contributed by atoms with van der Waals surface area (Å²) >= 11 is 1.68. The van der Waals surface area contributed by atoms with Gasteiger partial charge in [-0.2, -0.15) is 5.10 Å². The minimum Gasteiger partial charge on any atom is -0.341 e. The van der Waals surface area contributed by atoms with Crippen molar-refractivity contribution in [1.82, 2.24) is 14.7 Å². The van der Waals surface area contributed by atoms with Gasteiger partial charge in [0, 0.05) is 31.3 Å². The second-order valence-electron chi connectivity index (χ2n) is 6.58. The Morgan fingerprint density at radius 2 is 2.04 bits per heavy atom. The second-order valence-corrected chi connectivity index (χ2v) is 7.53. The SMILES string of the molecule is CN(Cc1cn(-c2ccccc2)nc1-c1cccs1)C(=O)C1CCC1. The quantitative estimate of drug-likeness (QED) is 0.685. The molecule has 128 valence electrons. The number of benzene rings is 1. The molecule has 1 aliphatic rings. The van der Waals surface area contributed by atoms with Gasteiger partial charge in [-0.3, -0.25) is 4.79 Å². The summed E-state index contributed by atoms with van der Waals surface area (Å²) in [7, 11) is 1.90. The van der Waals surface area contributed by atoms with Gasteiger partial charge in [-0.15, -0.1) is 11.3 Å². The van der Waals surface area contributed by atoms with E-state index < -0.39 is 0 Å². The van der Waals surface area contributed by atoms with Crippen LogP contribution in [0.3, 0.4) is 0 Å². The second kappa shape index (κ2) is 6.84. The van der Waals surface area contributed by atoms with Gasteiger partial charge in [0.15, 0.2) is 0 Å². The summed E-state index contributed by atoms with van der Waals surface area (Å²) < 4.78 is 1.91. The minimum absolute atomic E-state index is 0.222. The highest BCUT2D eigenvalue weighted by Crippen LogP contribution is 2.31. The highest BCUT2D eigenvalue weighted by atomic mass is 32.1. The fraction of sp³-hybridized carbons (Fsp3) is 0.300. The molecule has 0 aliphatic heterocycles. The zero-order chi connectivity index (χ0) is 17.2. The Morgan fingerprint density at radius 1 is 1.24 bits per heavy atom. The van der Waals surface area contributed by atoms with Crippen molar-refractivity contribution in [3.8, 4) is 16.3 Å². The summed E-state index contributed by atoms with van der Waals surface area (Å²) in [5.41, 5.74) is 3.08. The molecule has 1 amide bonds. The summed E-state index contributed by atoms with van der Waals surface area (Å²) in [4.78, 5) is 15.5. The first-order chi connectivity index (χ1) is 12.2. The van der Waals surface area contributed by atoms with Crippen molar-refractivity contribution in [3.63, 3.8) is 0 Å². The summed E-state index contributed by atoms with van der Waals surface area (Å²) in [5.74, 6) is 0.482. The summed E-state index contributed by atoms with van der Waals surface area (Å²) in [6.45, 7) is 0.593. The Balaban J connectivity index is 1.65. The fourth-order valence-electron chi connectivity index (χ4n) is 3.16. The number of carbonyl (C=O) groups is 1. The number of thiophene rings is 1. The van der Waals surface area contributed by atoms with E-state index in [1.165, 1.54) is 6.42 Å². The number of nitrogens with zero attached hydrogens (tertiary/aromatic N) is 3. The smallest absolute Gasteiger partial charge is 0.225 e. The van der Waals surface area contributed by atoms with Crippen LogP contribution in [-0.2, 0) is 11.3 Å². The Hall–Kier alpha value is -2.40. The van der Waals surface area contributed by atoms with Crippen molar-refractivity contribution in [2.45, 2.75) is 25.8 Å². The van der Waals surface area contributed by atoms with E-state index in [0.29, 0.717) is 6.54 Å². The van der Waals surface area contributed by atoms with Crippen LogP contribution in [-0.4, -0.2) is 27.6 Å². The van der Waals surface area contributed by atoms with Crippen molar-refractivity contribution in [1.29, 1.82) is 0 Å². The Bertz CT molecular complexity index is 850. The molecule has 4 rings (SSSR count). The molecule has 0 saturated heterocycles. The van der Waals surface area contributed by atoms with Gasteiger partial charge in [0.2, 0.25) is 5.91 Å². The van der Waals surface area contributed by atoms with Crippen LogP contribution in [0, 0.1) is 5.92 Å². The van der Waals surface area contributed by atoms with Crippen molar-refractivity contribution in [2.24, 2.45) is 5.92 Å². The van der Waals surface area contributed by atoms with E-state index in [0.717, 1.165) is 34.7 Å². The van der Waals surface area contributed by atoms with Gasteiger partial charge in [-0.05, 0) is 36.4 Å². The molecule has 0 N–H and O–H groups in total. The lowest BCUT2D eigenvalue weighted by atomic mass is 9.84. The van der Waals surface area contributed by atoms with Crippen LogP contribution >= 0.6 is 11.3 Å². The van der Waals surface area contributed by atoms with Gasteiger partial charge in [0.25, 0.3) is 0 Å². The lowest BCUT2D eigenvalue weighted by Gasteiger charge is -2.29. The molecule has 2 aromatic heterocycles. The monoisotopic (exact) mass is 351 g/mol. The Morgan fingerprint density at radius 3 is 2.68 bits per heavy atom. The zero-order valence-electron chi connectivity index (χ0n) is 14.3. The fourth-order valence-corrected chi connectivity index (χ4v) is 3.90. The van der Waals surface area contributed by atoms with Gasteiger partial charge >= 0.3 is 0 Å². The molecule has 1 aromatic carbocycles. The van der Waals surface area contributed by atoms with Gasteiger partial charge in [0.05, 0.1) is 10.6 Å². The van der Waals surface area contributed by atoms with Crippen LogP contribution in [0.15, 0.2) is 54.0 Å². The van der Waals surface area contributed by atoms with Crippen LogP contribution < -0.4 is 0 Å². The molecule has 0 bridgehead atoms. The van der Waals surface area contributed by atoms with Gasteiger partial charge in [-0.1, -0.05) is 30.7 Å². The molecule has 0 spiro atoms. The predicted molar refractivity (Wildman–Crippen MR) is 101 cm³/mol. The van der Waals surface area contributed by atoms with Gasteiger partial charge < -0.3 is 4.90 Å². The summed E-state index contributed by atoms with van der Waals surface area (Å²) in [5, 5.41) is 6.86. The average molecular weight is 351 g/mol. The standard InChI is InChI=1S/C20H21N3OS/c1-22(20(24)15-7-5-8-15)13-16-14-23(17-9-3-2-4-10-17)21-19(16)18-11-6-12-25-18/h2-4,6,9-12,14-15H,5,7-8,13H2,1H3. The third kappa shape index (κ3) is 3.24. The van der Waals surface area contributed by atoms with Crippen LogP contribution in [0.5, 0.6) is 0 Å². The van der Waals surface area contributed by atoms with Crippen LogP contribution in [0.2, 0.25) is 0 Å². The zero-order valence-corrected chi connectivity index (χ0v) is 15.1. The van der Waals surface area contributed by atoms with E-state index in [1.54, 1.807) is 11.3 Å². The Kier molecular flexibility index (Phi) is 4.40. The molecule has 25 heavy (non-hydrogen) atoms. The number of carbonyl (C=O) groups excluding carboxylic acids is 1.